The summed E-state index contributed by atoms with van der Waals surface area (Å²) in [6, 6.07) is 0.270. The van der Waals surface area contributed by atoms with Gasteiger partial charge in [0.05, 0.1) is 5.92 Å². The third-order valence-corrected chi connectivity index (χ3v) is 3.90. The predicted octanol–water partition coefficient (Wildman–Crippen LogP) is 1.40. The van der Waals surface area contributed by atoms with E-state index in [2.05, 4.69) is 4.90 Å². The van der Waals surface area contributed by atoms with Crippen molar-refractivity contribution in [2.45, 2.75) is 45.3 Å². The number of ether oxygens (including phenoxy) is 1. The lowest BCUT2D eigenvalue weighted by molar-refractivity contribution is -0.141. The van der Waals surface area contributed by atoms with E-state index < -0.39 is 11.6 Å². The Kier molecular flexibility index (Phi) is 4.22. The Bertz CT molecular complexity index is 391. The molecular weight excluding hydrogens is 260 g/mol. The fourth-order valence-corrected chi connectivity index (χ4v) is 2.85. The number of carbonyl (C=O) groups excluding carboxylic acids is 1. The summed E-state index contributed by atoms with van der Waals surface area (Å²) in [5.41, 5.74) is -0.475. The van der Waals surface area contributed by atoms with Crippen LogP contribution < -0.4 is 0 Å². The van der Waals surface area contributed by atoms with Crippen LogP contribution in [0.25, 0.3) is 0 Å². The van der Waals surface area contributed by atoms with E-state index in [4.69, 9.17) is 9.84 Å². The van der Waals surface area contributed by atoms with Crippen molar-refractivity contribution < 1.29 is 19.4 Å². The Hall–Kier alpha value is -1.30. The van der Waals surface area contributed by atoms with Crippen LogP contribution in [0, 0.1) is 5.92 Å². The first kappa shape index (κ1) is 15.1. The highest BCUT2D eigenvalue weighted by molar-refractivity contribution is 5.70. The number of carboxylic acid groups (broad SMARTS) is 1. The summed E-state index contributed by atoms with van der Waals surface area (Å²) in [6.07, 6.45) is 1.33. The van der Waals surface area contributed by atoms with Gasteiger partial charge in [0, 0.05) is 25.7 Å². The summed E-state index contributed by atoms with van der Waals surface area (Å²) in [5.74, 6) is -0.972. The third kappa shape index (κ3) is 3.62. The molecule has 0 spiro atoms. The lowest BCUT2D eigenvalue weighted by Gasteiger charge is -2.26. The molecule has 2 rings (SSSR count). The van der Waals surface area contributed by atoms with Gasteiger partial charge in [-0.25, -0.2) is 4.79 Å². The Morgan fingerprint density at radius 3 is 2.40 bits per heavy atom. The second-order valence-corrected chi connectivity index (χ2v) is 6.69. The average Bonchev–Trinajstić information content (AvgIpc) is 2.95. The van der Waals surface area contributed by atoms with E-state index >= 15 is 0 Å². The molecular formula is C14H24N2O4. The Labute approximate surface area is 119 Å². The standard InChI is InChI=1S/C14H24N2O4/c1-14(2,3)20-13(19)16-7-5-11(9-16)15-6-4-10(8-15)12(17)18/h10-11H,4-9H2,1-3H3,(H,17,18)/t10-,11+/m1/s1. The Morgan fingerprint density at radius 2 is 1.85 bits per heavy atom. The SMILES string of the molecule is CC(C)(C)OC(=O)N1CC[C@H](N2CC[C@@H](C(=O)O)C2)C1. The van der Waals surface area contributed by atoms with Gasteiger partial charge in [0.25, 0.3) is 0 Å². The first-order valence-corrected chi connectivity index (χ1v) is 7.21. The first-order valence-electron chi connectivity index (χ1n) is 7.21. The first-order chi connectivity index (χ1) is 9.26. The van der Waals surface area contributed by atoms with E-state index in [1.54, 1.807) is 4.90 Å². The lowest BCUT2D eigenvalue weighted by atomic mass is 10.1. The maximum atomic E-state index is 12.0. The van der Waals surface area contributed by atoms with E-state index in [0.29, 0.717) is 26.1 Å². The van der Waals surface area contributed by atoms with Gasteiger partial charge in [0.2, 0.25) is 0 Å². The van der Waals surface area contributed by atoms with Crippen LogP contribution in [0.5, 0.6) is 0 Å². The topological polar surface area (TPSA) is 70.1 Å². The predicted molar refractivity (Wildman–Crippen MR) is 73.5 cm³/mol. The summed E-state index contributed by atoms with van der Waals surface area (Å²) < 4.78 is 5.37. The second kappa shape index (κ2) is 5.60. The molecule has 2 atom stereocenters. The minimum Gasteiger partial charge on any atom is -0.481 e. The molecule has 114 valence electrons. The Balaban J connectivity index is 1.84. The fourth-order valence-electron chi connectivity index (χ4n) is 2.85. The molecule has 2 aliphatic heterocycles. The van der Waals surface area contributed by atoms with Gasteiger partial charge < -0.3 is 14.7 Å². The van der Waals surface area contributed by atoms with Crippen molar-refractivity contribution in [3.63, 3.8) is 0 Å². The summed E-state index contributed by atoms with van der Waals surface area (Å²) >= 11 is 0. The molecule has 0 saturated carbocycles. The van der Waals surface area contributed by atoms with Crippen LogP contribution in [0.2, 0.25) is 0 Å². The van der Waals surface area contributed by atoms with Crippen LogP contribution in [0.1, 0.15) is 33.6 Å². The summed E-state index contributed by atoms with van der Waals surface area (Å²) in [4.78, 5) is 26.9. The van der Waals surface area contributed by atoms with Crippen molar-refractivity contribution in [3.05, 3.63) is 0 Å². The van der Waals surface area contributed by atoms with Crippen LogP contribution >= 0.6 is 0 Å². The molecule has 0 aromatic rings. The van der Waals surface area contributed by atoms with Gasteiger partial charge in [0.15, 0.2) is 0 Å². The zero-order chi connectivity index (χ0) is 14.9. The van der Waals surface area contributed by atoms with Crippen LogP contribution in [0.3, 0.4) is 0 Å². The maximum Gasteiger partial charge on any atom is 0.410 e. The molecule has 6 nitrogen and oxygen atoms in total. The highest BCUT2D eigenvalue weighted by atomic mass is 16.6. The summed E-state index contributed by atoms with van der Waals surface area (Å²) in [7, 11) is 0. The van der Waals surface area contributed by atoms with Crippen molar-refractivity contribution in [2.24, 2.45) is 5.92 Å². The van der Waals surface area contributed by atoms with E-state index in [0.717, 1.165) is 13.0 Å². The molecule has 2 aliphatic rings. The fraction of sp³-hybridized carbons (Fsp3) is 0.857. The van der Waals surface area contributed by atoms with Gasteiger partial charge >= 0.3 is 12.1 Å². The molecule has 1 amide bonds. The van der Waals surface area contributed by atoms with Crippen LogP contribution in [-0.4, -0.2) is 64.8 Å². The van der Waals surface area contributed by atoms with Crippen molar-refractivity contribution in [2.75, 3.05) is 26.2 Å². The molecule has 0 unspecified atom stereocenters. The van der Waals surface area contributed by atoms with Gasteiger partial charge in [-0.1, -0.05) is 0 Å². The van der Waals surface area contributed by atoms with Crippen molar-refractivity contribution >= 4 is 12.1 Å². The average molecular weight is 284 g/mol. The number of carbonyl (C=O) groups is 2. The van der Waals surface area contributed by atoms with E-state index in [1.165, 1.54) is 0 Å². The largest absolute Gasteiger partial charge is 0.481 e. The summed E-state index contributed by atoms with van der Waals surface area (Å²) in [5, 5.41) is 9.03. The zero-order valence-corrected chi connectivity index (χ0v) is 12.5. The molecule has 1 N–H and O–H groups in total. The molecule has 0 aromatic carbocycles. The number of aliphatic carboxylic acids is 1. The van der Waals surface area contributed by atoms with E-state index in [1.807, 2.05) is 20.8 Å². The quantitative estimate of drug-likeness (QED) is 0.830. The van der Waals surface area contributed by atoms with Crippen molar-refractivity contribution in [1.82, 2.24) is 9.80 Å². The summed E-state index contributed by atoms with van der Waals surface area (Å²) in [6.45, 7) is 8.31. The van der Waals surface area contributed by atoms with Crippen molar-refractivity contribution in [1.29, 1.82) is 0 Å². The van der Waals surface area contributed by atoms with Crippen LogP contribution in [0.4, 0.5) is 4.79 Å². The number of carboxylic acids is 1. The van der Waals surface area contributed by atoms with Crippen LogP contribution in [0.15, 0.2) is 0 Å². The van der Waals surface area contributed by atoms with Gasteiger partial charge in [-0.15, -0.1) is 0 Å². The maximum absolute atomic E-state index is 12.0. The normalized spacial score (nSPS) is 27.9. The van der Waals surface area contributed by atoms with Gasteiger partial charge in [0.1, 0.15) is 5.60 Å². The molecule has 2 heterocycles. The van der Waals surface area contributed by atoms with E-state index in [-0.39, 0.29) is 18.1 Å². The number of amides is 1. The van der Waals surface area contributed by atoms with E-state index in [9.17, 15) is 9.59 Å². The molecule has 20 heavy (non-hydrogen) atoms. The zero-order valence-electron chi connectivity index (χ0n) is 12.5. The minimum atomic E-state index is -0.713. The molecule has 0 radical (unpaired) electrons. The molecule has 0 aliphatic carbocycles. The highest BCUT2D eigenvalue weighted by Crippen LogP contribution is 2.25. The second-order valence-electron chi connectivity index (χ2n) is 6.69. The highest BCUT2D eigenvalue weighted by Gasteiger charge is 2.37. The molecule has 6 heteroatoms. The number of hydrogen-bond donors (Lipinski definition) is 1. The van der Waals surface area contributed by atoms with Crippen molar-refractivity contribution in [3.8, 4) is 0 Å². The van der Waals surface area contributed by atoms with Gasteiger partial charge in [-0.2, -0.15) is 0 Å². The van der Waals surface area contributed by atoms with Gasteiger partial charge in [-0.05, 0) is 40.2 Å². The number of likely N-dealkylation sites (tertiary alicyclic amines) is 2. The smallest absolute Gasteiger partial charge is 0.410 e. The van der Waals surface area contributed by atoms with Crippen LogP contribution in [-0.2, 0) is 9.53 Å². The molecule has 0 bridgehead atoms. The van der Waals surface area contributed by atoms with Gasteiger partial charge in [-0.3, -0.25) is 9.69 Å². The number of rotatable bonds is 2. The minimum absolute atomic E-state index is 0.259. The monoisotopic (exact) mass is 284 g/mol. The molecule has 0 aromatic heterocycles. The molecule has 2 saturated heterocycles. The lowest BCUT2D eigenvalue weighted by Crippen LogP contribution is -2.39. The number of hydrogen-bond acceptors (Lipinski definition) is 4. The number of nitrogens with zero attached hydrogens (tertiary/aromatic N) is 2. The third-order valence-electron chi connectivity index (χ3n) is 3.90. The molecule has 2 fully saturated rings. The Morgan fingerprint density at radius 1 is 1.15 bits per heavy atom.